The molecule has 6 N–H and O–H groups in total. The second-order valence-corrected chi connectivity index (χ2v) is 9.37. The molecule has 2 fully saturated rings. The maximum atomic E-state index is 13.7. The lowest BCUT2D eigenvalue weighted by Gasteiger charge is -2.57. The maximum Gasteiger partial charge on any atom is 0.235 e. The molecular formula is C22H24N2O9. The Labute approximate surface area is 187 Å². The Balaban J connectivity index is 2.01. The number of fused-ring (bicyclic) bond motifs is 3. The number of hydrogen-bond acceptors (Lipinski definition) is 10. The molecule has 1 aromatic rings. The molecule has 11 nitrogen and oxygen atoms in total. The summed E-state index contributed by atoms with van der Waals surface area (Å²) in [5.74, 6) is -14.2. The van der Waals surface area contributed by atoms with Crippen molar-refractivity contribution in [3.63, 3.8) is 0 Å². The van der Waals surface area contributed by atoms with Gasteiger partial charge in [0.05, 0.1) is 35.1 Å². The predicted molar refractivity (Wildman–Crippen MR) is 109 cm³/mol. The Kier molecular flexibility index (Phi) is 4.92. The molecular weight excluding hydrogens is 436 g/mol. The van der Waals surface area contributed by atoms with E-state index >= 15 is 0 Å². The zero-order valence-corrected chi connectivity index (χ0v) is 18.1. The highest BCUT2D eigenvalue weighted by Gasteiger charge is 2.74. The minimum Gasteiger partial charge on any atom is -0.507 e. The van der Waals surface area contributed by atoms with E-state index in [0.29, 0.717) is 0 Å². The quantitative estimate of drug-likeness (QED) is 0.294. The maximum absolute atomic E-state index is 13.7. The number of phenols is 1. The van der Waals surface area contributed by atoms with Crippen molar-refractivity contribution >= 4 is 29.0 Å². The van der Waals surface area contributed by atoms with Gasteiger partial charge in [-0.25, -0.2) is 0 Å². The summed E-state index contributed by atoms with van der Waals surface area (Å²) in [6.07, 6.45) is -1.90. The molecule has 2 saturated carbocycles. The average Bonchev–Trinajstić information content (AvgIpc) is 2.70. The lowest BCUT2D eigenvalue weighted by Crippen LogP contribution is -2.78. The summed E-state index contributed by atoms with van der Waals surface area (Å²) in [6.45, 7) is 1.24. The van der Waals surface area contributed by atoms with Crippen LogP contribution in [0.1, 0.15) is 22.8 Å². The summed E-state index contributed by atoms with van der Waals surface area (Å²) in [7, 11) is 2.77. The van der Waals surface area contributed by atoms with Crippen LogP contribution in [0.2, 0.25) is 0 Å². The van der Waals surface area contributed by atoms with E-state index in [0.717, 1.165) is 0 Å². The highest BCUT2D eigenvalue weighted by Crippen LogP contribution is 2.55. The van der Waals surface area contributed by atoms with Gasteiger partial charge in [0.15, 0.2) is 34.7 Å². The third-order valence-corrected chi connectivity index (χ3v) is 7.40. The van der Waals surface area contributed by atoms with Crippen LogP contribution >= 0.6 is 0 Å². The van der Waals surface area contributed by atoms with Crippen molar-refractivity contribution in [3.8, 4) is 5.75 Å². The van der Waals surface area contributed by atoms with Gasteiger partial charge in [-0.3, -0.25) is 28.9 Å². The van der Waals surface area contributed by atoms with Gasteiger partial charge in [0.2, 0.25) is 5.91 Å². The first kappa shape index (κ1) is 23.2. The normalized spacial score (nSPS) is 40.3. The Morgan fingerprint density at radius 1 is 1.06 bits per heavy atom. The number of nitrogens with two attached hydrogens (primary N) is 1. The standard InChI is InChI=1S/C22H24N2O9/c1-21(32)7-5-4-6-8(25)9(7)15(26)10-12(21)17(28)13-14(24(2)3)16(27)11(20(23)31)19(30)22(13,33)18(10)29/h4-6,10-14,17,25,28,32-33H,1-3H3,(H2,23,31)/t10?,11?,12?,13-,14+,17+,21-,22+/m1/s1. The van der Waals surface area contributed by atoms with Crippen molar-refractivity contribution < 1.29 is 44.4 Å². The smallest absolute Gasteiger partial charge is 0.235 e. The van der Waals surface area contributed by atoms with Crippen molar-refractivity contribution in [1.29, 1.82) is 0 Å². The molecule has 3 aliphatic carbocycles. The summed E-state index contributed by atoms with van der Waals surface area (Å²) in [6, 6.07) is 2.40. The number of aliphatic hydroxyl groups excluding tert-OH is 1. The van der Waals surface area contributed by atoms with Gasteiger partial charge in [-0.1, -0.05) is 12.1 Å². The number of carbonyl (C=O) groups is 5. The van der Waals surface area contributed by atoms with Crippen LogP contribution in [0.5, 0.6) is 5.75 Å². The van der Waals surface area contributed by atoms with Crippen LogP contribution in [0.4, 0.5) is 0 Å². The van der Waals surface area contributed by atoms with Gasteiger partial charge >= 0.3 is 0 Å². The number of phenolic OH excluding ortho intramolecular Hbond substituents is 1. The number of Topliss-reactive ketones (excluding diaryl/α,β-unsaturated/α-hetero) is 4. The number of carbonyl (C=O) groups excluding carboxylic acids is 5. The first-order valence-electron chi connectivity index (χ1n) is 10.3. The fourth-order valence-corrected chi connectivity index (χ4v) is 5.97. The Morgan fingerprint density at radius 2 is 1.67 bits per heavy atom. The van der Waals surface area contributed by atoms with Crippen LogP contribution in [-0.2, 0) is 24.8 Å². The van der Waals surface area contributed by atoms with Crippen molar-refractivity contribution in [2.45, 2.75) is 30.3 Å². The van der Waals surface area contributed by atoms with E-state index in [4.69, 9.17) is 5.73 Å². The topological polar surface area (TPSA) is 196 Å². The number of likely N-dealkylation sites (N-methyl/N-ethyl adjacent to an activating group) is 1. The fraction of sp³-hybridized carbons (Fsp3) is 0.500. The monoisotopic (exact) mass is 460 g/mol. The Morgan fingerprint density at radius 3 is 2.21 bits per heavy atom. The molecule has 0 bridgehead atoms. The molecule has 0 radical (unpaired) electrons. The molecule has 3 aliphatic rings. The molecule has 176 valence electrons. The van der Waals surface area contributed by atoms with E-state index in [1.54, 1.807) is 0 Å². The van der Waals surface area contributed by atoms with Crippen LogP contribution in [-0.4, -0.2) is 86.2 Å². The first-order valence-corrected chi connectivity index (χ1v) is 10.3. The Hall–Kier alpha value is -2.99. The highest BCUT2D eigenvalue weighted by molar-refractivity contribution is 6.32. The number of benzene rings is 1. The van der Waals surface area contributed by atoms with E-state index in [1.807, 2.05) is 0 Å². The molecule has 0 heterocycles. The van der Waals surface area contributed by atoms with Gasteiger partial charge in [0, 0.05) is 5.92 Å². The van der Waals surface area contributed by atoms with Crippen molar-refractivity contribution in [3.05, 3.63) is 29.3 Å². The van der Waals surface area contributed by atoms with Crippen LogP contribution in [0.25, 0.3) is 0 Å². The summed E-state index contributed by atoms with van der Waals surface area (Å²) in [5.41, 5.74) is -0.350. The summed E-state index contributed by atoms with van der Waals surface area (Å²) in [5, 5.41) is 44.5. The SMILES string of the molecule is CN(C)[C@@H]1C(=O)C(C(N)=O)C(=O)[C@@]2(O)C(=O)C3C(=O)c4c(O)cccc4[C@@](C)(O)C3[C@H](O)[C@@H]12. The molecule has 4 rings (SSSR count). The number of aliphatic hydroxyl groups is 3. The minimum atomic E-state index is -3.10. The molecule has 0 spiro atoms. The molecule has 33 heavy (non-hydrogen) atoms. The predicted octanol–water partition coefficient (Wildman–Crippen LogP) is -2.50. The first-order chi connectivity index (χ1) is 15.2. The number of rotatable bonds is 2. The molecule has 0 aromatic heterocycles. The van der Waals surface area contributed by atoms with Gasteiger partial charge in [-0.15, -0.1) is 0 Å². The number of aromatic hydroxyl groups is 1. The van der Waals surface area contributed by atoms with Gasteiger partial charge in [0.25, 0.3) is 0 Å². The average molecular weight is 460 g/mol. The number of hydrogen-bond donors (Lipinski definition) is 5. The number of amides is 1. The van der Waals surface area contributed by atoms with Gasteiger partial charge < -0.3 is 26.2 Å². The summed E-state index contributed by atoms with van der Waals surface area (Å²) < 4.78 is 0. The zero-order valence-electron chi connectivity index (χ0n) is 18.1. The highest BCUT2D eigenvalue weighted by atomic mass is 16.3. The molecule has 11 heteroatoms. The van der Waals surface area contributed by atoms with Gasteiger partial charge in [-0.05, 0) is 32.6 Å². The van der Waals surface area contributed by atoms with Gasteiger partial charge in [0.1, 0.15) is 5.75 Å². The molecule has 0 saturated heterocycles. The van der Waals surface area contributed by atoms with Crippen molar-refractivity contribution in [2.75, 3.05) is 14.1 Å². The van der Waals surface area contributed by atoms with E-state index in [9.17, 15) is 44.4 Å². The van der Waals surface area contributed by atoms with Crippen LogP contribution in [0.15, 0.2) is 18.2 Å². The largest absolute Gasteiger partial charge is 0.507 e. The van der Waals surface area contributed by atoms with Crippen molar-refractivity contribution in [2.24, 2.45) is 29.4 Å². The third kappa shape index (κ3) is 2.67. The molecule has 1 amide bonds. The Bertz CT molecular complexity index is 1130. The van der Waals surface area contributed by atoms with Crippen LogP contribution in [0, 0.1) is 23.7 Å². The molecule has 3 unspecified atom stereocenters. The van der Waals surface area contributed by atoms with E-state index < -0.39 is 81.8 Å². The summed E-state index contributed by atoms with van der Waals surface area (Å²) in [4.78, 5) is 66.4. The van der Waals surface area contributed by atoms with E-state index in [-0.39, 0.29) is 11.1 Å². The minimum absolute atomic E-state index is 0.0454. The molecule has 0 aliphatic heterocycles. The number of primary amides is 1. The second kappa shape index (κ2) is 7.00. The number of nitrogens with zero attached hydrogens (tertiary/aromatic N) is 1. The third-order valence-electron chi connectivity index (χ3n) is 7.40. The van der Waals surface area contributed by atoms with Crippen LogP contribution < -0.4 is 5.73 Å². The molecule has 8 atom stereocenters. The zero-order chi connectivity index (χ0) is 24.8. The second-order valence-electron chi connectivity index (χ2n) is 9.37. The number of ketones is 4. The van der Waals surface area contributed by atoms with Crippen molar-refractivity contribution in [1.82, 2.24) is 4.90 Å². The van der Waals surface area contributed by atoms with E-state index in [1.165, 1.54) is 44.1 Å². The summed E-state index contributed by atoms with van der Waals surface area (Å²) >= 11 is 0. The van der Waals surface area contributed by atoms with Crippen LogP contribution in [0.3, 0.4) is 0 Å². The van der Waals surface area contributed by atoms with Gasteiger partial charge in [-0.2, -0.15) is 0 Å². The fourth-order valence-electron chi connectivity index (χ4n) is 5.97. The lowest BCUT2D eigenvalue weighted by atomic mass is 9.48. The van der Waals surface area contributed by atoms with E-state index in [2.05, 4.69) is 0 Å². The molecule has 1 aromatic carbocycles. The lowest BCUT2D eigenvalue weighted by molar-refractivity contribution is -0.210.